The van der Waals surface area contributed by atoms with Crippen LogP contribution in [0, 0.1) is 18.4 Å². The highest BCUT2D eigenvalue weighted by Gasteiger charge is 2.44. The van der Waals surface area contributed by atoms with Crippen molar-refractivity contribution in [2.24, 2.45) is 11.8 Å². The number of fused-ring (bicyclic) bond motifs is 2. The van der Waals surface area contributed by atoms with Crippen LogP contribution in [0.5, 0.6) is 0 Å². The Morgan fingerprint density at radius 1 is 1.39 bits per heavy atom. The van der Waals surface area contributed by atoms with Gasteiger partial charge in [-0.05, 0) is 30.7 Å². The van der Waals surface area contributed by atoms with Gasteiger partial charge in [0.25, 0.3) is 0 Å². The van der Waals surface area contributed by atoms with E-state index in [0.717, 1.165) is 42.7 Å². The Hall–Kier alpha value is -3.39. The number of urea groups is 1. The lowest BCUT2D eigenvalue weighted by Crippen LogP contribution is -2.36. The van der Waals surface area contributed by atoms with Crippen molar-refractivity contribution >= 4 is 51.1 Å². The molecule has 0 radical (unpaired) electrons. The number of nitrogens with zero attached hydrogens (tertiary/aromatic N) is 6. The van der Waals surface area contributed by atoms with Gasteiger partial charge in [0.05, 0.1) is 12.3 Å². The van der Waals surface area contributed by atoms with E-state index in [1.807, 2.05) is 17.2 Å². The van der Waals surface area contributed by atoms with Crippen LogP contribution < -0.4 is 15.5 Å². The van der Waals surface area contributed by atoms with Gasteiger partial charge in [-0.25, -0.2) is 9.64 Å². The number of likely N-dealkylation sites (tertiary alicyclic amines) is 1. The van der Waals surface area contributed by atoms with Gasteiger partial charge in [-0.3, -0.25) is 10.3 Å². The van der Waals surface area contributed by atoms with Gasteiger partial charge >= 0.3 is 6.03 Å². The third-order valence-electron chi connectivity index (χ3n) is 6.44. The molecule has 3 aromatic heterocycles. The Labute approximate surface area is 183 Å². The van der Waals surface area contributed by atoms with E-state index in [1.165, 1.54) is 11.5 Å². The normalized spacial score (nSPS) is 22.4. The second-order valence-electron chi connectivity index (χ2n) is 8.11. The standard InChI is InChI=1S/C20H23N9OS/c1-21-15-8-24-17-14(4-5-23-17)16(15)28(3)13-6-11-9-29(10-12(11)7-13)20(30)26-19-25-18(22-2)27-31-19/h4-5,8,11-13H,6-7,9-10H2,2-3H3,(H,23,24)(H2,22,25,26,27,30)/t11-,12+,13?. The summed E-state index contributed by atoms with van der Waals surface area (Å²) in [5.74, 6) is 1.43. The molecular weight excluding hydrogens is 414 g/mol. The molecule has 2 aliphatic rings. The first-order valence-electron chi connectivity index (χ1n) is 10.2. The molecule has 2 amide bonds. The van der Waals surface area contributed by atoms with E-state index in [-0.39, 0.29) is 6.03 Å². The summed E-state index contributed by atoms with van der Waals surface area (Å²) < 4.78 is 4.11. The second-order valence-corrected chi connectivity index (χ2v) is 8.86. The van der Waals surface area contributed by atoms with Crippen molar-refractivity contribution in [3.05, 3.63) is 29.9 Å². The number of aromatic amines is 1. The third kappa shape index (κ3) is 3.42. The van der Waals surface area contributed by atoms with E-state index in [2.05, 4.69) is 46.8 Å². The van der Waals surface area contributed by atoms with Crippen LogP contribution in [0.2, 0.25) is 0 Å². The summed E-state index contributed by atoms with van der Waals surface area (Å²) in [6, 6.07) is 2.21. The quantitative estimate of drug-likeness (QED) is 0.540. The highest BCUT2D eigenvalue weighted by Crippen LogP contribution is 2.44. The van der Waals surface area contributed by atoms with Crippen LogP contribution in [0.15, 0.2) is 18.5 Å². The molecule has 1 aliphatic carbocycles. The van der Waals surface area contributed by atoms with Crippen LogP contribution in [0.3, 0.4) is 0 Å². The van der Waals surface area contributed by atoms with Crippen molar-refractivity contribution in [3.8, 4) is 0 Å². The molecule has 3 N–H and O–H groups in total. The van der Waals surface area contributed by atoms with Crippen molar-refractivity contribution in [3.63, 3.8) is 0 Å². The zero-order chi connectivity index (χ0) is 21.5. The predicted octanol–water partition coefficient (Wildman–Crippen LogP) is 3.39. The number of amides is 2. The second kappa shape index (κ2) is 7.70. The maximum absolute atomic E-state index is 12.7. The lowest BCUT2D eigenvalue weighted by Gasteiger charge is -2.30. The highest BCUT2D eigenvalue weighted by molar-refractivity contribution is 7.10. The largest absolute Gasteiger partial charge is 0.380 e. The Kier molecular flexibility index (Phi) is 4.86. The van der Waals surface area contributed by atoms with Gasteiger partial charge in [0.1, 0.15) is 5.65 Å². The fraction of sp³-hybridized carbons (Fsp3) is 0.450. The van der Waals surface area contributed by atoms with Gasteiger partial charge in [-0.15, -0.1) is 0 Å². The molecule has 1 aliphatic heterocycles. The molecule has 4 heterocycles. The van der Waals surface area contributed by atoms with Gasteiger partial charge in [0.2, 0.25) is 16.8 Å². The molecule has 1 saturated carbocycles. The zero-order valence-electron chi connectivity index (χ0n) is 17.3. The number of hydrogen-bond donors (Lipinski definition) is 3. The summed E-state index contributed by atoms with van der Waals surface area (Å²) in [6.45, 7) is 9.05. The Balaban J connectivity index is 1.26. The van der Waals surface area contributed by atoms with E-state index in [0.29, 0.717) is 34.6 Å². The molecule has 31 heavy (non-hydrogen) atoms. The molecule has 5 rings (SSSR count). The molecule has 160 valence electrons. The van der Waals surface area contributed by atoms with Crippen molar-refractivity contribution in [1.29, 1.82) is 0 Å². The van der Waals surface area contributed by atoms with Crippen LogP contribution in [0.25, 0.3) is 15.9 Å². The smallest absolute Gasteiger partial charge is 0.323 e. The third-order valence-corrected chi connectivity index (χ3v) is 7.07. The van der Waals surface area contributed by atoms with E-state index < -0.39 is 0 Å². The number of hydrogen-bond acceptors (Lipinski definition) is 7. The number of rotatable bonds is 4. The van der Waals surface area contributed by atoms with Crippen molar-refractivity contribution in [2.75, 3.05) is 42.7 Å². The van der Waals surface area contributed by atoms with Crippen LogP contribution in [0.4, 0.5) is 27.2 Å². The molecule has 1 saturated heterocycles. The summed E-state index contributed by atoms with van der Waals surface area (Å²) >= 11 is 1.17. The van der Waals surface area contributed by atoms with Crippen LogP contribution in [0.1, 0.15) is 12.8 Å². The van der Waals surface area contributed by atoms with Crippen LogP contribution in [-0.4, -0.2) is 63.5 Å². The van der Waals surface area contributed by atoms with E-state index in [4.69, 9.17) is 6.57 Å². The van der Waals surface area contributed by atoms with Gasteiger partial charge in [0, 0.05) is 62.5 Å². The molecule has 3 atom stereocenters. The molecule has 3 aromatic rings. The topological polar surface area (TPSA) is 106 Å². The predicted molar refractivity (Wildman–Crippen MR) is 121 cm³/mol. The summed E-state index contributed by atoms with van der Waals surface area (Å²) in [4.78, 5) is 32.2. The molecule has 0 spiro atoms. The van der Waals surface area contributed by atoms with Crippen molar-refractivity contribution in [2.45, 2.75) is 18.9 Å². The highest BCUT2D eigenvalue weighted by atomic mass is 32.1. The summed E-state index contributed by atoms with van der Waals surface area (Å²) in [5, 5.41) is 7.20. The lowest BCUT2D eigenvalue weighted by molar-refractivity contribution is 0.218. The summed E-state index contributed by atoms with van der Waals surface area (Å²) in [7, 11) is 3.82. The van der Waals surface area contributed by atoms with Crippen LogP contribution >= 0.6 is 11.5 Å². The number of carbonyl (C=O) groups excluding carboxylic acids is 1. The minimum Gasteiger partial charge on any atom is -0.380 e. The van der Waals surface area contributed by atoms with Crippen molar-refractivity contribution < 1.29 is 4.79 Å². The molecule has 10 nitrogen and oxygen atoms in total. The Morgan fingerprint density at radius 2 is 2.16 bits per heavy atom. The molecule has 1 unspecified atom stereocenters. The fourth-order valence-electron chi connectivity index (χ4n) is 4.91. The van der Waals surface area contributed by atoms with Crippen LogP contribution in [-0.2, 0) is 0 Å². The molecular formula is C20H23N9OS. The molecule has 2 fully saturated rings. The first-order valence-corrected chi connectivity index (χ1v) is 11.0. The van der Waals surface area contributed by atoms with Gasteiger partial charge in [0.15, 0.2) is 0 Å². The summed E-state index contributed by atoms with van der Waals surface area (Å²) in [5.41, 5.74) is 2.32. The number of nitrogens with one attached hydrogen (secondary N) is 3. The monoisotopic (exact) mass is 437 g/mol. The number of aromatic nitrogens is 4. The number of anilines is 3. The van der Waals surface area contributed by atoms with Gasteiger partial charge < -0.3 is 20.1 Å². The first kappa shape index (κ1) is 19.6. The Bertz CT molecular complexity index is 1150. The molecule has 0 bridgehead atoms. The fourth-order valence-corrected chi connectivity index (χ4v) is 5.48. The number of H-pyrrole nitrogens is 1. The SMILES string of the molecule is [C-]#[N+]c1cnc2[nH]ccc2c1N(C)C1C[C@@H]2CN(C(=O)Nc3nc(NC)ns3)C[C@@H]2C1. The zero-order valence-corrected chi connectivity index (χ0v) is 18.1. The van der Waals surface area contributed by atoms with Gasteiger partial charge in [-0.1, -0.05) is 0 Å². The van der Waals surface area contributed by atoms with E-state index in [9.17, 15) is 4.79 Å². The maximum atomic E-state index is 12.7. The minimum absolute atomic E-state index is 0.114. The average molecular weight is 438 g/mol. The maximum Gasteiger partial charge on any atom is 0.323 e. The average Bonchev–Trinajstić information content (AvgIpc) is 3.54. The van der Waals surface area contributed by atoms with Crippen molar-refractivity contribution in [1.82, 2.24) is 24.2 Å². The minimum atomic E-state index is -0.114. The van der Waals surface area contributed by atoms with E-state index in [1.54, 1.807) is 13.2 Å². The molecule has 11 heteroatoms. The van der Waals surface area contributed by atoms with E-state index >= 15 is 0 Å². The Morgan fingerprint density at radius 3 is 2.84 bits per heavy atom. The molecule has 0 aromatic carbocycles. The lowest BCUT2D eigenvalue weighted by atomic mass is 10.0. The van der Waals surface area contributed by atoms with Gasteiger partial charge in [-0.2, -0.15) is 9.36 Å². The first-order chi connectivity index (χ1) is 15.1. The number of pyridine rings is 1. The summed E-state index contributed by atoms with van der Waals surface area (Å²) in [6.07, 6.45) is 5.51. The number of carbonyl (C=O) groups is 1.